The third-order valence-corrected chi connectivity index (χ3v) is 9.53. The van der Waals surface area contributed by atoms with E-state index in [1.807, 2.05) is 6.07 Å². The molecule has 52 heavy (non-hydrogen) atoms. The second kappa shape index (κ2) is 16.0. The van der Waals surface area contributed by atoms with Gasteiger partial charge in [0.05, 0.1) is 30.0 Å². The van der Waals surface area contributed by atoms with Gasteiger partial charge >= 0.3 is 12.1 Å². The maximum absolute atomic E-state index is 15.3. The Morgan fingerprint density at radius 1 is 1.06 bits per heavy atom. The Bertz CT molecular complexity index is 1980. The van der Waals surface area contributed by atoms with Crippen molar-refractivity contribution in [2.24, 2.45) is 5.92 Å². The normalized spacial score (nSPS) is 16.0. The van der Waals surface area contributed by atoms with Crippen LogP contribution in [0, 0.1) is 11.7 Å². The minimum absolute atomic E-state index is 0.0308. The Morgan fingerprint density at radius 3 is 2.52 bits per heavy atom. The summed E-state index contributed by atoms with van der Waals surface area (Å²) < 4.78 is 27.6. The summed E-state index contributed by atoms with van der Waals surface area (Å²) in [5.41, 5.74) is 1.93. The smallest absolute Gasteiger partial charge is 0.409 e. The standard InChI is InChI=1S/C36H35ClFN7O7/c1-51-36(50)43-17-13-22(14-18-43)16-20-52-30-4-2-3-26-25(30)15-19-44(33(26)34(47)40-24-7-5-23(6-8-24)35(48)49)31(46)12-9-27-29(45-21-39-41-42-45)11-10-28(37)32(27)38/h2-12,21-22,33H,13-20H2,1H3,(H,40,47)(H,48,49)/b12-9+. The van der Waals surface area contributed by atoms with Gasteiger partial charge in [-0.3, -0.25) is 9.59 Å². The number of aromatic nitrogens is 4. The summed E-state index contributed by atoms with van der Waals surface area (Å²) >= 11 is 6.07. The Balaban J connectivity index is 1.25. The van der Waals surface area contributed by atoms with E-state index in [2.05, 4.69) is 20.8 Å². The van der Waals surface area contributed by atoms with Crippen LogP contribution in [0.1, 0.15) is 52.4 Å². The molecule has 3 heterocycles. The number of hydrogen-bond donors (Lipinski definition) is 2. The third-order valence-electron chi connectivity index (χ3n) is 9.24. The molecule has 2 N–H and O–H groups in total. The molecule has 0 saturated carbocycles. The number of amides is 3. The molecule has 2 aliphatic rings. The molecule has 6 rings (SSSR count). The largest absolute Gasteiger partial charge is 0.493 e. The molecule has 0 bridgehead atoms. The van der Waals surface area contributed by atoms with Gasteiger partial charge < -0.3 is 29.7 Å². The average Bonchev–Trinajstić information content (AvgIpc) is 3.70. The van der Waals surface area contributed by atoms with E-state index in [0.29, 0.717) is 49.0 Å². The van der Waals surface area contributed by atoms with Crippen molar-refractivity contribution in [3.8, 4) is 11.4 Å². The van der Waals surface area contributed by atoms with E-state index in [-0.39, 0.29) is 34.5 Å². The highest BCUT2D eigenvalue weighted by Gasteiger charge is 2.37. The Kier molecular flexibility index (Phi) is 11.1. The highest BCUT2D eigenvalue weighted by Crippen LogP contribution is 2.37. The fourth-order valence-corrected chi connectivity index (χ4v) is 6.67. The number of anilines is 1. The van der Waals surface area contributed by atoms with Gasteiger partial charge in [-0.15, -0.1) is 5.10 Å². The number of methoxy groups -OCH3 is 1. The molecular formula is C36H35ClFN7O7. The number of fused-ring (bicyclic) bond motifs is 1. The molecule has 0 spiro atoms. The van der Waals surface area contributed by atoms with Crippen LogP contribution < -0.4 is 10.1 Å². The SMILES string of the molecule is COC(=O)N1CCC(CCOc2cccc3c2CCN(C(=O)/C=C/c2c(-n4cnnn4)ccc(Cl)c2F)C3C(=O)Nc2ccc(C(=O)O)cc2)CC1. The molecule has 1 aromatic heterocycles. The number of hydrogen-bond acceptors (Lipinski definition) is 9. The number of ether oxygens (including phenoxy) is 2. The van der Waals surface area contributed by atoms with E-state index < -0.39 is 29.6 Å². The first kappa shape index (κ1) is 36.0. The number of carbonyl (C=O) groups is 4. The van der Waals surface area contributed by atoms with Gasteiger partial charge in [0.2, 0.25) is 5.91 Å². The zero-order valence-corrected chi connectivity index (χ0v) is 28.8. The Hall–Kier alpha value is -5.83. The first-order chi connectivity index (χ1) is 25.1. The van der Waals surface area contributed by atoms with Crippen molar-refractivity contribution in [3.63, 3.8) is 0 Å². The first-order valence-electron chi connectivity index (χ1n) is 16.6. The fraction of sp³-hybridized carbons (Fsp3) is 0.306. The summed E-state index contributed by atoms with van der Waals surface area (Å²) in [6.07, 6.45) is 6.21. The number of carboxylic acid groups (broad SMARTS) is 1. The lowest BCUT2D eigenvalue weighted by Gasteiger charge is -2.36. The molecule has 16 heteroatoms. The monoisotopic (exact) mass is 731 g/mol. The van der Waals surface area contributed by atoms with Crippen LogP contribution in [0.25, 0.3) is 11.8 Å². The van der Waals surface area contributed by atoms with Gasteiger partial charge in [-0.1, -0.05) is 23.7 Å². The Morgan fingerprint density at radius 2 is 1.83 bits per heavy atom. The molecule has 4 aromatic rings. The summed E-state index contributed by atoms with van der Waals surface area (Å²) in [6.45, 7) is 1.80. The van der Waals surface area contributed by atoms with Gasteiger partial charge in [0.25, 0.3) is 5.91 Å². The van der Waals surface area contributed by atoms with Crippen LogP contribution in [0.3, 0.4) is 0 Å². The van der Waals surface area contributed by atoms with Gasteiger partial charge in [-0.05, 0) is 96.1 Å². The molecule has 3 aromatic carbocycles. The van der Waals surface area contributed by atoms with E-state index in [9.17, 15) is 24.3 Å². The predicted molar refractivity (Wildman–Crippen MR) is 187 cm³/mol. The molecule has 1 atom stereocenters. The number of nitrogens with one attached hydrogen (secondary N) is 1. The number of benzene rings is 3. The second-order valence-electron chi connectivity index (χ2n) is 12.3. The highest BCUT2D eigenvalue weighted by atomic mass is 35.5. The average molecular weight is 732 g/mol. The molecule has 270 valence electrons. The van der Waals surface area contributed by atoms with Crippen LogP contribution >= 0.6 is 11.6 Å². The number of aromatic carboxylic acids is 1. The van der Waals surface area contributed by atoms with Crippen molar-refractivity contribution < 1.29 is 38.1 Å². The van der Waals surface area contributed by atoms with Crippen molar-refractivity contribution >= 4 is 47.2 Å². The molecular weight excluding hydrogens is 697 g/mol. The van der Waals surface area contributed by atoms with Gasteiger partial charge in [0.15, 0.2) is 5.82 Å². The van der Waals surface area contributed by atoms with Gasteiger partial charge in [-0.2, -0.15) is 4.68 Å². The summed E-state index contributed by atoms with van der Waals surface area (Å²) in [7, 11) is 1.37. The van der Waals surface area contributed by atoms with Crippen molar-refractivity contribution in [1.29, 1.82) is 0 Å². The maximum atomic E-state index is 15.3. The quantitative estimate of drug-likeness (QED) is 0.207. The number of carbonyl (C=O) groups excluding carboxylic acids is 3. The van der Waals surface area contributed by atoms with Crippen LogP contribution in [0.2, 0.25) is 5.02 Å². The topological polar surface area (TPSA) is 169 Å². The number of likely N-dealkylation sites (tertiary alicyclic amines) is 1. The van der Waals surface area contributed by atoms with Crippen LogP contribution in [0.4, 0.5) is 14.9 Å². The molecule has 1 unspecified atom stereocenters. The third kappa shape index (κ3) is 7.89. The maximum Gasteiger partial charge on any atom is 0.409 e. The zero-order valence-electron chi connectivity index (χ0n) is 28.1. The molecule has 14 nitrogen and oxygen atoms in total. The minimum Gasteiger partial charge on any atom is -0.493 e. The number of nitrogens with zero attached hydrogens (tertiary/aromatic N) is 6. The van der Waals surface area contributed by atoms with Gasteiger partial charge in [0.1, 0.15) is 18.1 Å². The van der Waals surface area contributed by atoms with E-state index >= 15 is 4.39 Å². The van der Waals surface area contributed by atoms with Crippen molar-refractivity contribution in [3.05, 3.63) is 100 Å². The number of piperidine rings is 1. The number of rotatable bonds is 10. The van der Waals surface area contributed by atoms with E-state index in [4.69, 9.17) is 21.1 Å². The van der Waals surface area contributed by atoms with Crippen molar-refractivity contribution in [2.75, 3.05) is 38.7 Å². The summed E-state index contributed by atoms with van der Waals surface area (Å²) in [5, 5.41) is 23.0. The molecule has 3 amide bonds. The van der Waals surface area contributed by atoms with Gasteiger partial charge in [-0.25, -0.2) is 14.0 Å². The Labute approximate surface area is 302 Å². The highest BCUT2D eigenvalue weighted by molar-refractivity contribution is 6.31. The van der Waals surface area contributed by atoms with E-state index in [1.165, 1.54) is 71.6 Å². The van der Waals surface area contributed by atoms with Crippen LogP contribution in [-0.2, 0) is 20.7 Å². The molecule has 2 aliphatic heterocycles. The summed E-state index contributed by atoms with van der Waals surface area (Å²) in [6, 6.07) is 12.8. The zero-order chi connectivity index (χ0) is 36.8. The van der Waals surface area contributed by atoms with Crippen LogP contribution in [0.5, 0.6) is 5.75 Å². The van der Waals surface area contributed by atoms with Crippen LogP contribution in [-0.4, -0.2) is 92.3 Å². The lowest BCUT2D eigenvalue weighted by Crippen LogP contribution is -2.44. The first-order valence-corrected chi connectivity index (χ1v) is 16.9. The minimum atomic E-state index is -1.12. The van der Waals surface area contributed by atoms with E-state index in [1.54, 1.807) is 17.0 Å². The second-order valence-corrected chi connectivity index (χ2v) is 12.7. The van der Waals surface area contributed by atoms with Crippen molar-refractivity contribution in [2.45, 2.75) is 31.7 Å². The van der Waals surface area contributed by atoms with Crippen molar-refractivity contribution in [1.82, 2.24) is 30.0 Å². The number of tetrazole rings is 1. The molecule has 0 radical (unpaired) electrons. The number of halogens is 2. The molecule has 1 saturated heterocycles. The molecule has 0 aliphatic carbocycles. The van der Waals surface area contributed by atoms with Crippen LogP contribution in [0.15, 0.2) is 67.0 Å². The lowest BCUT2D eigenvalue weighted by molar-refractivity contribution is -0.135. The lowest BCUT2D eigenvalue weighted by atomic mass is 9.90. The predicted octanol–water partition coefficient (Wildman–Crippen LogP) is 5.18. The van der Waals surface area contributed by atoms with E-state index in [0.717, 1.165) is 24.8 Å². The number of carboxylic acids is 1. The van der Waals surface area contributed by atoms with Gasteiger partial charge in [0, 0.05) is 42.5 Å². The molecule has 1 fully saturated rings. The fourth-order valence-electron chi connectivity index (χ4n) is 6.50. The summed E-state index contributed by atoms with van der Waals surface area (Å²) in [5.74, 6) is -2.03. The summed E-state index contributed by atoms with van der Waals surface area (Å²) in [4.78, 5) is 54.2.